The Hall–Kier alpha value is -1.85. The van der Waals surface area contributed by atoms with Crippen molar-refractivity contribution < 1.29 is 4.79 Å². The maximum Gasteiger partial charge on any atom is 0.290 e. The number of rotatable bonds is 5. The van der Waals surface area contributed by atoms with E-state index in [1.165, 1.54) is 17.3 Å². The van der Waals surface area contributed by atoms with Crippen molar-refractivity contribution in [3.8, 4) is 0 Å². The fourth-order valence-corrected chi connectivity index (χ4v) is 1.28. The van der Waals surface area contributed by atoms with E-state index < -0.39 is 0 Å². The highest BCUT2D eigenvalue weighted by molar-refractivity contribution is 5.80. The molecule has 0 saturated carbocycles. The smallest absolute Gasteiger partial charge is 0.290 e. The van der Waals surface area contributed by atoms with Gasteiger partial charge in [-0.15, -0.1) is 0 Å². The van der Waals surface area contributed by atoms with Crippen LogP contribution in [0.15, 0.2) is 17.2 Å². The number of carbonyl (C=O) groups is 1. The van der Waals surface area contributed by atoms with Crippen LogP contribution >= 0.6 is 0 Å². The summed E-state index contributed by atoms with van der Waals surface area (Å²) in [6.07, 6.45) is 2.94. The van der Waals surface area contributed by atoms with Crippen LogP contribution in [0.3, 0.4) is 0 Å². The second-order valence-electron chi connectivity index (χ2n) is 4.30. The number of nitrogens with one attached hydrogen (secondary N) is 2. The Morgan fingerprint density at radius 1 is 1.59 bits per heavy atom. The van der Waals surface area contributed by atoms with Crippen LogP contribution in [0.1, 0.15) is 13.8 Å². The molecule has 0 bridgehead atoms. The molecule has 0 aliphatic carbocycles. The largest absolute Gasteiger partial charge is 0.354 e. The molecule has 1 amide bonds. The van der Waals surface area contributed by atoms with Crippen molar-refractivity contribution in [2.75, 3.05) is 25.0 Å². The first kappa shape index (κ1) is 13.2. The number of hydrogen-bond donors (Lipinski definition) is 2. The summed E-state index contributed by atoms with van der Waals surface area (Å²) in [5.41, 5.74) is -0.299. The van der Waals surface area contributed by atoms with E-state index in [1.54, 1.807) is 7.05 Å². The zero-order valence-electron chi connectivity index (χ0n) is 10.4. The topological polar surface area (TPSA) is 78.1 Å². The molecule has 2 N–H and O–H groups in total. The lowest BCUT2D eigenvalue weighted by Gasteiger charge is -2.16. The van der Waals surface area contributed by atoms with E-state index in [0.717, 1.165) is 0 Å². The fourth-order valence-electron chi connectivity index (χ4n) is 1.28. The second kappa shape index (κ2) is 6.03. The molecular formula is C11H18N4O2. The number of hydrogen-bond acceptors (Lipinski definition) is 4. The van der Waals surface area contributed by atoms with Crippen LogP contribution in [0.25, 0.3) is 0 Å². The van der Waals surface area contributed by atoms with Gasteiger partial charge in [0.1, 0.15) is 0 Å². The van der Waals surface area contributed by atoms with E-state index in [1.807, 2.05) is 13.8 Å². The predicted octanol–water partition coefficient (Wildman–Crippen LogP) is -0.0217. The van der Waals surface area contributed by atoms with Gasteiger partial charge in [0.15, 0.2) is 5.82 Å². The standard InChI is InChI=1S/C11H18N4O2/c1-8(2)6-14-9(16)7-15(3)10-11(17)13-5-4-12-10/h4-5,8H,6-7H2,1-3H3,(H,13,17)(H,14,16). The average Bonchev–Trinajstić information content (AvgIpc) is 2.26. The highest BCUT2D eigenvalue weighted by atomic mass is 16.2. The SMILES string of the molecule is CC(C)CNC(=O)CN(C)c1ncc[nH]c1=O. The fraction of sp³-hybridized carbons (Fsp3) is 0.545. The van der Waals surface area contributed by atoms with E-state index in [0.29, 0.717) is 12.5 Å². The Bertz CT molecular complexity index is 427. The van der Waals surface area contributed by atoms with E-state index in [2.05, 4.69) is 15.3 Å². The first-order valence-corrected chi connectivity index (χ1v) is 5.52. The second-order valence-corrected chi connectivity index (χ2v) is 4.30. The van der Waals surface area contributed by atoms with Crippen LogP contribution in [0.2, 0.25) is 0 Å². The Kier molecular flexibility index (Phi) is 4.68. The Morgan fingerprint density at radius 3 is 2.88 bits per heavy atom. The molecule has 0 radical (unpaired) electrons. The number of aromatic nitrogens is 2. The van der Waals surface area contributed by atoms with Gasteiger partial charge in [-0.2, -0.15) is 0 Å². The van der Waals surface area contributed by atoms with E-state index in [-0.39, 0.29) is 23.8 Å². The minimum Gasteiger partial charge on any atom is -0.354 e. The molecule has 0 aliphatic heterocycles. The molecule has 6 heteroatoms. The predicted molar refractivity (Wildman–Crippen MR) is 66.0 cm³/mol. The molecule has 1 heterocycles. The Morgan fingerprint density at radius 2 is 2.29 bits per heavy atom. The maximum atomic E-state index is 11.5. The van der Waals surface area contributed by atoms with Crippen molar-refractivity contribution in [3.63, 3.8) is 0 Å². The third kappa shape index (κ3) is 4.26. The van der Waals surface area contributed by atoms with E-state index in [9.17, 15) is 9.59 Å². The van der Waals surface area contributed by atoms with Crippen molar-refractivity contribution >= 4 is 11.7 Å². The quantitative estimate of drug-likeness (QED) is 0.755. The van der Waals surface area contributed by atoms with Gasteiger partial charge in [-0.25, -0.2) is 4.98 Å². The molecule has 1 aromatic rings. The number of nitrogens with zero attached hydrogens (tertiary/aromatic N) is 2. The van der Waals surface area contributed by atoms with Crippen molar-refractivity contribution in [1.29, 1.82) is 0 Å². The normalized spacial score (nSPS) is 10.4. The molecule has 1 aromatic heterocycles. The molecule has 17 heavy (non-hydrogen) atoms. The van der Waals surface area contributed by atoms with Crippen LogP contribution in [0.5, 0.6) is 0 Å². The van der Waals surface area contributed by atoms with Gasteiger partial charge < -0.3 is 15.2 Å². The van der Waals surface area contributed by atoms with Crippen molar-refractivity contribution in [2.24, 2.45) is 5.92 Å². The lowest BCUT2D eigenvalue weighted by molar-refractivity contribution is -0.119. The molecule has 0 saturated heterocycles. The first-order chi connectivity index (χ1) is 8.00. The molecule has 0 aromatic carbocycles. The summed E-state index contributed by atoms with van der Waals surface area (Å²) in [4.78, 5) is 30.9. The molecule has 1 rings (SSSR count). The summed E-state index contributed by atoms with van der Waals surface area (Å²) in [6.45, 7) is 4.79. The van der Waals surface area contributed by atoms with Gasteiger partial charge in [0, 0.05) is 26.0 Å². The number of anilines is 1. The molecular weight excluding hydrogens is 220 g/mol. The van der Waals surface area contributed by atoms with Gasteiger partial charge in [0.2, 0.25) is 5.91 Å². The number of likely N-dealkylation sites (N-methyl/N-ethyl adjacent to an activating group) is 1. The molecule has 94 valence electrons. The molecule has 0 fully saturated rings. The molecule has 0 atom stereocenters. The molecule has 0 aliphatic rings. The minimum atomic E-state index is -0.299. The summed E-state index contributed by atoms with van der Waals surface area (Å²) in [7, 11) is 1.66. The number of H-pyrrole nitrogens is 1. The van der Waals surface area contributed by atoms with Crippen molar-refractivity contribution in [2.45, 2.75) is 13.8 Å². The summed E-state index contributed by atoms with van der Waals surface area (Å²) < 4.78 is 0. The summed E-state index contributed by atoms with van der Waals surface area (Å²) in [5, 5.41) is 2.78. The lowest BCUT2D eigenvalue weighted by atomic mass is 10.2. The average molecular weight is 238 g/mol. The third-order valence-corrected chi connectivity index (χ3v) is 2.14. The van der Waals surface area contributed by atoms with E-state index in [4.69, 9.17) is 0 Å². The number of carbonyl (C=O) groups excluding carboxylic acids is 1. The van der Waals surface area contributed by atoms with Gasteiger partial charge in [-0.05, 0) is 5.92 Å². The van der Waals surface area contributed by atoms with Gasteiger partial charge in [-0.3, -0.25) is 9.59 Å². The van der Waals surface area contributed by atoms with Crippen LogP contribution in [-0.2, 0) is 4.79 Å². The number of amides is 1. The van der Waals surface area contributed by atoms with Crippen molar-refractivity contribution in [1.82, 2.24) is 15.3 Å². The Balaban J connectivity index is 2.55. The van der Waals surface area contributed by atoms with E-state index >= 15 is 0 Å². The van der Waals surface area contributed by atoms with Crippen LogP contribution in [-0.4, -0.2) is 36.0 Å². The monoisotopic (exact) mass is 238 g/mol. The highest BCUT2D eigenvalue weighted by Gasteiger charge is 2.11. The zero-order valence-corrected chi connectivity index (χ0v) is 10.4. The Labute approximate surface area is 100 Å². The van der Waals surface area contributed by atoms with Crippen LogP contribution in [0.4, 0.5) is 5.82 Å². The van der Waals surface area contributed by atoms with Gasteiger partial charge >= 0.3 is 0 Å². The van der Waals surface area contributed by atoms with Gasteiger partial charge in [0.05, 0.1) is 6.54 Å². The summed E-state index contributed by atoms with van der Waals surface area (Å²) in [5.74, 6) is 0.529. The minimum absolute atomic E-state index is 0.118. The molecule has 0 spiro atoms. The molecule has 0 unspecified atom stereocenters. The summed E-state index contributed by atoms with van der Waals surface area (Å²) >= 11 is 0. The van der Waals surface area contributed by atoms with Gasteiger partial charge in [0.25, 0.3) is 5.56 Å². The zero-order chi connectivity index (χ0) is 12.8. The molecule has 6 nitrogen and oxygen atoms in total. The summed E-state index contributed by atoms with van der Waals surface area (Å²) in [6, 6.07) is 0. The maximum absolute atomic E-state index is 11.5. The van der Waals surface area contributed by atoms with Crippen LogP contribution < -0.4 is 15.8 Å². The highest BCUT2D eigenvalue weighted by Crippen LogP contribution is 1.97. The lowest BCUT2D eigenvalue weighted by Crippen LogP contribution is -2.38. The number of aromatic amines is 1. The first-order valence-electron chi connectivity index (χ1n) is 5.52. The third-order valence-electron chi connectivity index (χ3n) is 2.14. The van der Waals surface area contributed by atoms with Crippen molar-refractivity contribution in [3.05, 3.63) is 22.7 Å². The van der Waals surface area contributed by atoms with Gasteiger partial charge in [-0.1, -0.05) is 13.8 Å². The van der Waals surface area contributed by atoms with Crippen LogP contribution in [0, 0.1) is 5.92 Å².